The second-order valence-electron chi connectivity index (χ2n) is 7.45. The fourth-order valence-electron chi connectivity index (χ4n) is 3.23. The van der Waals surface area contributed by atoms with Crippen LogP contribution in [0.1, 0.15) is 21.5 Å². The molecule has 186 valence electrons. The van der Waals surface area contributed by atoms with E-state index >= 15 is 0 Å². The van der Waals surface area contributed by atoms with E-state index in [1.807, 2.05) is 0 Å². The first kappa shape index (κ1) is 24.5. The molecule has 37 heavy (non-hydrogen) atoms. The molecule has 3 aromatic carbocycles. The highest BCUT2D eigenvalue weighted by atomic mass is 16.7. The number of benzene rings is 3. The van der Waals surface area contributed by atoms with E-state index in [1.54, 1.807) is 30.3 Å². The van der Waals surface area contributed by atoms with Gasteiger partial charge in [0.2, 0.25) is 6.79 Å². The van der Waals surface area contributed by atoms with E-state index in [0.29, 0.717) is 5.56 Å². The number of nitro groups is 2. The molecular weight excluding hydrogens is 486 g/mol. The first-order chi connectivity index (χ1) is 17.8. The summed E-state index contributed by atoms with van der Waals surface area (Å²) in [6.07, 6.45) is 2.36. The summed E-state index contributed by atoms with van der Waals surface area (Å²) >= 11 is 0. The van der Waals surface area contributed by atoms with Crippen molar-refractivity contribution in [2.45, 2.75) is 0 Å². The first-order valence-electron chi connectivity index (χ1n) is 10.6. The van der Waals surface area contributed by atoms with Gasteiger partial charge in [-0.2, -0.15) is 5.10 Å². The number of nitro benzene ring substituents is 2. The Labute approximate surface area is 208 Å². The summed E-state index contributed by atoms with van der Waals surface area (Å²) in [4.78, 5) is 46.7. The fourth-order valence-corrected chi connectivity index (χ4v) is 3.23. The van der Waals surface area contributed by atoms with E-state index in [2.05, 4.69) is 15.8 Å². The Hall–Kier alpha value is -5.59. The van der Waals surface area contributed by atoms with Crippen LogP contribution < -0.4 is 20.2 Å². The number of non-ortho nitro benzene ring substituents is 1. The minimum Gasteiger partial charge on any atom is -0.454 e. The van der Waals surface area contributed by atoms with Gasteiger partial charge in [-0.15, -0.1) is 0 Å². The van der Waals surface area contributed by atoms with E-state index in [4.69, 9.17) is 9.47 Å². The van der Waals surface area contributed by atoms with Crippen LogP contribution in [0, 0.1) is 20.2 Å². The van der Waals surface area contributed by atoms with Crippen molar-refractivity contribution in [1.82, 2.24) is 10.7 Å². The molecule has 0 bridgehead atoms. The molecule has 2 amide bonds. The minimum atomic E-state index is -0.845. The van der Waals surface area contributed by atoms with Crippen LogP contribution in [0.2, 0.25) is 0 Å². The van der Waals surface area contributed by atoms with E-state index in [-0.39, 0.29) is 46.5 Å². The molecule has 13 heteroatoms. The van der Waals surface area contributed by atoms with E-state index in [0.717, 1.165) is 6.21 Å². The van der Waals surface area contributed by atoms with Crippen molar-refractivity contribution in [3.8, 4) is 11.5 Å². The molecule has 3 aromatic rings. The summed E-state index contributed by atoms with van der Waals surface area (Å²) in [7, 11) is 0. The summed E-state index contributed by atoms with van der Waals surface area (Å²) < 4.78 is 10.4. The third-order valence-corrected chi connectivity index (χ3v) is 5.03. The molecule has 0 saturated heterocycles. The van der Waals surface area contributed by atoms with Crippen molar-refractivity contribution in [1.29, 1.82) is 0 Å². The van der Waals surface area contributed by atoms with Crippen molar-refractivity contribution < 1.29 is 28.9 Å². The minimum absolute atomic E-state index is 0.0452. The van der Waals surface area contributed by atoms with E-state index in [9.17, 15) is 29.8 Å². The molecule has 0 radical (unpaired) electrons. The molecule has 1 heterocycles. The molecule has 0 spiro atoms. The van der Waals surface area contributed by atoms with E-state index < -0.39 is 21.7 Å². The number of ether oxygens (including phenoxy) is 2. The second kappa shape index (κ2) is 10.8. The van der Waals surface area contributed by atoms with Crippen LogP contribution in [0.15, 0.2) is 77.5 Å². The molecule has 13 nitrogen and oxygen atoms in total. The van der Waals surface area contributed by atoms with Crippen molar-refractivity contribution in [3.05, 3.63) is 109 Å². The number of nitrogens with zero attached hydrogens (tertiary/aromatic N) is 3. The summed E-state index contributed by atoms with van der Waals surface area (Å²) in [5.74, 6) is -0.932. The van der Waals surface area contributed by atoms with Crippen molar-refractivity contribution in [2.24, 2.45) is 5.10 Å². The number of hydrogen-bond acceptors (Lipinski definition) is 9. The number of fused-ring (bicyclic) bond motifs is 1. The molecular formula is C24H17N5O8. The standard InChI is InChI=1S/C24H17N5O8/c30-23(16-4-2-1-3-5-16)26-19(10-15-6-8-18(9-7-15)28(32)33)24(31)27-25-13-17-11-21-22(37-14-36-21)12-20(17)29(34)35/h1-13H,14H2,(H,26,30)(H,27,31)/b19-10-,25-13+. The Kier molecular flexibility index (Phi) is 7.14. The third-order valence-electron chi connectivity index (χ3n) is 5.03. The van der Waals surface area contributed by atoms with Gasteiger partial charge in [0.15, 0.2) is 11.5 Å². The second-order valence-corrected chi connectivity index (χ2v) is 7.45. The average molecular weight is 503 g/mol. The van der Waals surface area contributed by atoms with Crippen LogP contribution in [0.5, 0.6) is 11.5 Å². The van der Waals surface area contributed by atoms with Crippen molar-refractivity contribution >= 4 is 35.5 Å². The zero-order chi connectivity index (χ0) is 26.4. The van der Waals surface area contributed by atoms with Crippen molar-refractivity contribution in [3.63, 3.8) is 0 Å². The van der Waals surface area contributed by atoms with Gasteiger partial charge in [0.1, 0.15) is 5.70 Å². The molecule has 0 fully saturated rings. The number of carbonyl (C=O) groups is 2. The highest BCUT2D eigenvalue weighted by Crippen LogP contribution is 2.37. The number of rotatable bonds is 8. The quantitative estimate of drug-likeness (QED) is 0.204. The lowest BCUT2D eigenvalue weighted by Gasteiger charge is -2.09. The Morgan fingerprint density at radius 2 is 1.59 bits per heavy atom. The third kappa shape index (κ3) is 5.92. The van der Waals surface area contributed by atoms with Crippen LogP contribution in [-0.4, -0.2) is 34.7 Å². The van der Waals surface area contributed by atoms with Crippen molar-refractivity contribution in [2.75, 3.05) is 6.79 Å². The Balaban J connectivity index is 1.58. The molecule has 0 aromatic heterocycles. The number of hydrazone groups is 1. The molecule has 2 N–H and O–H groups in total. The number of nitrogens with one attached hydrogen (secondary N) is 2. The lowest BCUT2D eigenvalue weighted by Crippen LogP contribution is -2.32. The molecule has 0 atom stereocenters. The Bertz CT molecular complexity index is 1440. The summed E-state index contributed by atoms with van der Waals surface area (Å²) in [6.45, 7) is -0.0816. The van der Waals surface area contributed by atoms with Gasteiger partial charge in [0, 0.05) is 17.7 Å². The van der Waals surface area contributed by atoms with Crippen LogP contribution in [0.25, 0.3) is 6.08 Å². The predicted octanol–water partition coefficient (Wildman–Crippen LogP) is 3.15. The molecule has 0 saturated carbocycles. The summed E-state index contributed by atoms with van der Waals surface area (Å²) in [5, 5.41) is 28.6. The van der Waals surface area contributed by atoms with Gasteiger partial charge in [-0.05, 0) is 42.0 Å². The van der Waals surface area contributed by atoms with Gasteiger partial charge < -0.3 is 14.8 Å². The zero-order valence-corrected chi connectivity index (χ0v) is 18.8. The highest BCUT2D eigenvalue weighted by Gasteiger charge is 2.22. The monoisotopic (exact) mass is 503 g/mol. The SMILES string of the molecule is O=C(N/N=C/c1cc2c(cc1[N+](=O)[O-])OCO2)/C(=C/c1ccc([N+](=O)[O-])cc1)NC(=O)c1ccccc1. The van der Waals surface area contributed by atoms with Gasteiger partial charge in [0.25, 0.3) is 23.2 Å². The molecule has 0 aliphatic carbocycles. The smallest absolute Gasteiger partial charge is 0.287 e. The highest BCUT2D eigenvalue weighted by molar-refractivity contribution is 6.05. The molecule has 0 unspecified atom stereocenters. The van der Waals surface area contributed by atoms with Crippen LogP contribution in [0.4, 0.5) is 11.4 Å². The maximum Gasteiger partial charge on any atom is 0.287 e. The van der Waals surface area contributed by atoms with Gasteiger partial charge in [-0.1, -0.05) is 18.2 Å². The Morgan fingerprint density at radius 3 is 2.24 bits per heavy atom. The molecule has 1 aliphatic heterocycles. The van der Waals surface area contributed by atoms with Gasteiger partial charge in [-0.25, -0.2) is 5.43 Å². The Morgan fingerprint density at radius 1 is 0.919 bits per heavy atom. The number of amides is 2. The largest absolute Gasteiger partial charge is 0.454 e. The summed E-state index contributed by atoms with van der Waals surface area (Å²) in [5.41, 5.74) is 2.24. The van der Waals surface area contributed by atoms with Crippen LogP contribution >= 0.6 is 0 Å². The maximum absolute atomic E-state index is 12.9. The lowest BCUT2D eigenvalue weighted by atomic mass is 10.1. The normalized spacial score (nSPS) is 12.3. The topological polar surface area (TPSA) is 175 Å². The first-order valence-corrected chi connectivity index (χ1v) is 10.6. The fraction of sp³-hybridized carbons (Fsp3) is 0.0417. The average Bonchev–Trinajstić information content (AvgIpc) is 3.36. The molecule has 1 aliphatic rings. The van der Waals surface area contributed by atoms with E-state index in [1.165, 1.54) is 42.5 Å². The number of carbonyl (C=O) groups excluding carboxylic acids is 2. The lowest BCUT2D eigenvalue weighted by molar-refractivity contribution is -0.385. The predicted molar refractivity (Wildman–Crippen MR) is 130 cm³/mol. The van der Waals surface area contributed by atoms with Gasteiger partial charge in [0.05, 0.1) is 27.7 Å². The zero-order valence-electron chi connectivity index (χ0n) is 18.8. The van der Waals surface area contributed by atoms with Gasteiger partial charge >= 0.3 is 0 Å². The molecule has 4 rings (SSSR count). The van der Waals surface area contributed by atoms with Crippen LogP contribution in [0.3, 0.4) is 0 Å². The van der Waals surface area contributed by atoms with Crippen LogP contribution in [-0.2, 0) is 4.79 Å². The maximum atomic E-state index is 12.9. The summed E-state index contributed by atoms with van der Waals surface area (Å²) in [6, 6.07) is 16.0. The van der Waals surface area contributed by atoms with Gasteiger partial charge in [-0.3, -0.25) is 29.8 Å². The number of hydrogen-bond donors (Lipinski definition) is 2.